The fourth-order valence-electron chi connectivity index (χ4n) is 2.81. The highest BCUT2D eigenvalue weighted by molar-refractivity contribution is 5.42. The van der Waals surface area contributed by atoms with Gasteiger partial charge in [-0.1, -0.05) is 25.3 Å². The molecule has 0 bridgehead atoms. The quantitative estimate of drug-likeness (QED) is 0.857. The second kappa shape index (κ2) is 7.34. The SMILES string of the molecule is CCOc1cccc(N(CCN)C2CCCCC2)n1. The summed E-state index contributed by atoms with van der Waals surface area (Å²) in [5.41, 5.74) is 5.77. The number of rotatable bonds is 6. The Morgan fingerprint density at radius 2 is 2.11 bits per heavy atom. The lowest BCUT2D eigenvalue weighted by Crippen LogP contribution is -2.40. The van der Waals surface area contributed by atoms with Crippen molar-refractivity contribution in [3.63, 3.8) is 0 Å². The normalized spacial score (nSPS) is 16.3. The molecule has 1 aliphatic carbocycles. The number of ether oxygens (including phenoxy) is 1. The Kier molecular flexibility index (Phi) is 5.45. The third-order valence-electron chi connectivity index (χ3n) is 3.68. The van der Waals surface area contributed by atoms with Crippen LogP contribution in [-0.2, 0) is 0 Å². The van der Waals surface area contributed by atoms with Crippen molar-refractivity contribution in [2.45, 2.75) is 45.1 Å². The van der Waals surface area contributed by atoms with Crippen LogP contribution in [-0.4, -0.2) is 30.7 Å². The van der Waals surface area contributed by atoms with E-state index in [9.17, 15) is 0 Å². The molecule has 1 saturated carbocycles. The standard InChI is InChI=1S/C15H25N3O/c1-2-19-15-10-6-9-14(17-15)18(12-11-16)13-7-4-3-5-8-13/h6,9-10,13H,2-5,7-8,11-12,16H2,1H3. The molecule has 0 saturated heterocycles. The number of pyridine rings is 1. The molecule has 0 aromatic carbocycles. The average molecular weight is 263 g/mol. The van der Waals surface area contributed by atoms with Gasteiger partial charge in [-0.05, 0) is 25.8 Å². The summed E-state index contributed by atoms with van der Waals surface area (Å²) in [6.45, 7) is 4.16. The highest BCUT2D eigenvalue weighted by Crippen LogP contribution is 2.27. The number of hydrogen-bond donors (Lipinski definition) is 1. The van der Waals surface area contributed by atoms with E-state index < -0.39 is 0 Å². The predicted molar refractivity (Wildman–Crippen MR) is 78.7 cm³/mol. The Labute approximate surface area is 116 Å². The zero-order chi connectivity index (χ0) is 13.5. The van der Waals surface area contributed by atoms with Crippen LogP contribution in [0.2, 0.25) is 0 Å². The van der Waals surface area contributed by atoms with Crippen LogP contribution in [0.4, 0.5) is 5.82 Å². The molecular formula is C15H25N3O. The van der Waals surface area contributed by atoms with E-state index >= 15 is 0 Å². The van der Waals surface area contributed by atoms with Gasteiger partial charge in [-0.2, -0.15) is 4.98 Å². The lowest BCUT2D eigenvalue weighted by Gasteiger charge is -2.35. The number of hydrogen-bond acceptors (Lipinski definition) is 4. The van der Waals surface area contributed by atoms with Crippen LogP contribution in [0.15, 0.2) is 18.2 Å². The summed E-state index contributed by atoms with van der Waals surface area (Å²) in [6.07, 6.45) is 6.49. The van der Waals surface area contributed by atoms with Gasteiger partial charge in [0.15, 0.2) is 0 Å². The zero-order valence-electron chi connectivity index (χ0n) is 11.8. The van der Waals surface area contributed by atoms with E-state index in [0.29, 0.717) is 25.1 Å². The van der Waals surface area contributed by atoms with Gasteiger partial charge >= 0.3 is 0 Å². The van der Waals surface area contributed by atoms with E-state index in [1.165, 1.54) is 32.1 Å². The van der Waals surface area contributed by atoms with Crippen molar-refractivity contribution in [2.75, 3.05) is 24.6 Å². The van der Waals surface area contributed by atoms with Crippen LogP contribution in [0, 0.1) is 0 Å². The molecule has 1 fully saturated rings. The first-order chi connectivity index (χ1) is 9.35. The molecule has 0 radical (unpaired) electrons. The number of nitrogens with zero attached hydrogens (tertiary/aromatic N) is 2. The maximum absolute atomic E-state index is 5.77. The number of aromatic nitrogens is 1. The molecule has 0 unspecified atom stereocenters. The molecule has 1 heterocycles. The summed E-state index contributed by atoms with van der Waals surface area (Å²) in [5, 5.41) is 0. The van der Waals surface area contributed by atoms with Crippen molar-refractivity contribution in [3.8, 4) is 5.88 Å². The van der Waals surface area contributed by atoms with Gasteiger partial charge in [0.1, 0.15) is 5.82 Å². The maximum atomic E-state index is 5.77. The smallest absolute Gasteiger partial charge is 0.215 e. The van der Waals surface area contributed by atoms with Gasteiger partial charge in [-0.25, -0.2) is 0 Å². The van der Waals surface area contributed by atoms with E-state index in [4.69, 9.17) is 10.5 Å². The maximum Gasteiger partial charge on any atom is 0.215 e. The Balaban J connectivity index is 2.14. The van der Waals surface area contributed by atoms with Crippen molar-refractivity contribution in [2.24, 2.45) is 5.73 Å². The molecule has 106 valence electrons. The summed E-state index contributed by atoms with van der Waals surface area (Å²) in [7, 11) is 0. The molecule has 2 rings (SSSR count). The van der Waals surface area contributed by atoms with E-state index in [0.717, 1.165) is 12.4 Å². The van der Waals surface area contributed by atoms with E-state index in [1.54, 1.807) is 0 Å². The van der Waals surface area contributed by atoms with Gasteiger partial charge in [0, 0.05) is 25.2 Å². The molecule has 2 N–H and O–H groups in total. The van der Waals surface area contributed by atoms with Crippen molar-refractivity contribution >= 4 is 5.82 Å². The topological polar surface area (TPSA) is 51.4 Å². The van der Waals surface area contributed by atoms with Crippen LogP contribution in [0.1, 0.15) is 39.0 Å². The second-order valence-corrected chi connectivity index (χ2v) is 5.04. The van der Waals surface area contributed by atoms with Gasteiger partial charge in [0.25, 0.3) is 0 Å². The van der Waals surface area contributed by atoms with Gasteiger partial charge in [0.05, 0.1) is 6.61 Å². The van der Waals surface area contributed by atoms with Crippen molar-refractivity contribution in [1.82, 2.24) is 4.98 Å². The minimum Gasteiger partial charge on any atom is -0.478 e. The predicted octanol–water partition coefficient (Wildman–Crippen LogP) is 2.58. The molecule has 0 spiro atoms. The molecule has 0 aliphatic heterocycles. The van der Waals surface area contributed by atoms with E-state index in [-0.39, 0.29) is 0 Å². The minimum atomic E-state index is 0.585. The van der Waals surface area contributed by atoms with Crippen molar-refractivity contribution in [3.05, 3.63) is 18.2 Å². The highest BCUT2D eigenvalue weighted by Gasteiger charge is 2.21. The highest BCUT2D eigenvalue weighted by atomic mass is 16.5. The average Bonchev–Trinajstić information content (AvgIpc) is 2.46. The fraction of sp³-hybridized carbons (Fsp3) is 0.667. The molecule has 19 heavy (non-hydrogen) atoms. The summed E-state index contributed by atoms with van der Waals surface area (Å²) >= 11 is 0. The van der Waals surface area contributed by atoms with Crippen LogP contribution in [0.3, 0.4) is 0 Å². The second-order valence-electron chi connectivity index (χ2n) is 5.04. The Hall–Kier alpha value is -1.29. The third kappa shape index (κ3) is 3.83. The first kappa shape index (κ1) is 14.1. The summed E-state index contributed by atoms with van der Waals surface area (Å²) in [5.74, 6) is 1.71. The number of nitrogens with two attached hydrogens (primary N) is 1. The van der Waals surface area contributed by atoms with E-state index in [1.807, 2.05) is 19.1 Å². The molecule has 4 heteroatoms. The summed E-state index contributed by atoms with van der Waals surface area (Å²) in [4.78, 5) is 6.97. The lowest BCUT2D eigenvalue weighted by atomic mass is 9.94. The molecule has 1 aliphatic rings. The third-order valence-corrected chi connectivity index (χ3v) is 3.68. The molecule has 0 atom stereocenters. The minimum absolute atomic E-state index is 0.585. The zero-order valence-corrected chi connectivity index (χ0v) is 11.8. The fourth-order valence-corrected chi connectivity index (χ4v) is 2.81. The van der Waals surface area contributed by atoms with Gasteiger partial charge < -0.3 is 15.4 Å². The molecule has 4 nitrogen and oxygen atoms in total. The van der Waals surface area contributed by atoms with Gasteiger partial charge in [-0.15, -0.1) is 0 Å². The van der Waals surface area contributed by atoms with Crippen LogP contribution in [0.5, 0.6) is 5.88 Å². The molecule has 1 aromatic heterocycles. The lowest BCUT2D eigenvalue weighted by molar-refractivity contribution is 0.326. The Bertz CT molecular complexity index is 377. The first-order valence-corrected chi connectivity index (χ1v) is 7.41. The molecular weight excluding hydrogens is 238 g/mol. The molecule has 0 amide bonds. The van der Waals surface area contributed by atoms with E-state index in [2.05, 4.69) is 16.0 Å². The monoisotopic (exact) mass is 263 g/mol. The summed E-state index contributed by atoms with van der Waals surface area (Å²) in [6, 6.07) is 6.57. The van der Waals surface area contributed by atoms with Crippen molar-refractivity contribution < 1.29 is 4.74 Å². The largest absolute Gasteiger partial charge is 0.478 e. The van der Waals surface area contributed by atoms with Crippen LogP contribution >= 0.6 is 0 Å². The molecule has 1 aromatic rings. The van der Waals surface area contributed by atoms with Crippen molar-refractivity contribution in [1.29, 1.82) is 0 Å². The Morgan fingerprint density at radius 3 is 2.79 bits per heavy atom. The Morgan fingerprint density at radius 1 is 1.32 bits per heavy atom. The summed E-state index contributed by atoms with van der Waals surface area (Å²) < 4.78 is 5.49. The van der Waals surface area contributed by atoms with Crippen LogP contribution < -0.4 is 15.4 Å². The van der Waals surface area contributed by atoms with Crippen LogP contribution in [0.25, 0.3) is 0 Å². The van der Waals surface area contributed by atoms with Gasteiger partial charge in [-0.3, -0.25) is 0 Å². The van der Waals surface area contributed by atoms with Gasteiger partial charge in [0.2, 0.25) is 5.88 Å². The first-order valence-electron chi connectivity index (χ1n) is 7.41. The number of anilines is 1.